The van der Waals surface area contributed by atoms with Crippen molar-refractivity contribution < 1.29 is 4.39 Å². The van der Waals surface area contributed by atoms with E-state index in [-0.39, 0.29) is 11.9 Å². The lowest BCUT2D eigenvalue weighted by Gasteiger charge is -2.14. The molecule has 4 heteroatoms. The zero-order chi connectivity index (χ0) is 11.5. The maximum atomic E-state index is 13.1. The summed E-state index contributed by atoms with van der Waals surface area (Å²) in [5.41, 5.74) is 1.76. The van der Waals surface area contributed by atoms with Crippen molar-refractivity contribution in [2.45, 2.75) is 6.04 Å². The number of hydrogen-bond acceptors (Lipinski definition) is 2. The maximum Gasteiger partial charge on any atom is 0.123 e. The van der Waals surface area contributed by atoms with Gasteiger partial charge in [0, 0.05) is 13.2 Å². The van der Waals surface area contributed by atoms with Crippen LogP contribution in [0, 0.1) is 5.82 Å². The fourth-order valence-corrected chi connectivity index (χ4v) is 1.76. The number of nitrogens with zero attached hydrogens (tertiary/aromatic N) is 2. The van der Waals surface area contributed by atoms with Crippen molar-refractivity contribution in [2.24, 2.45) is 7.05 Å². The van der Waals surface area contributed by atoms with E-state index in [2.05, 4.69) is 10.4 Å². The van der Waals surface area contributed by atoms with Crippen LogP contribution in [0.2, 0.25) is 0 Å². The number of benzene rings is 1. The second-order valence-electron chi connectivity index (χ2n) is 3.69. The molecule has 0 aliphatic carbocycles. The predicted octanol–water partition coefficient (Wildman–Crippen LogP) is 1.87. The molecule has 3 nitrogen and oxygen atoms in total. The Morgan fingerprint density at radius 3 is 2.75 bits per heavy atom. The standard InChI is InChI=1S/C12H14FN3/c1-14-12(11-6-7-16(2)15-11)9-4-3-5-10(13)8-9/h3-8,12,14H,1-2H3. The summed E-state index contributed by atoms with van der Waals surface area (Å²) in [5, 5.41) is 7.45. The van der Waals surface area contributed by atoms with Crippen molar-refractivity contribution >= 4 is 0 Å². The minimum atomic E-state index is -0.228. The van der Waals surface area contributed by atoms with Gasteiger partial charge in [-0.15, -0.1) is 0 Å². The number of aromatic nitrogens is 2. The monoisotopic (exact) mass is 219 g/mol. The van der Waals surface area contributed by atoms with Crippen LogP contribution < -0.4 is 5.32 Å². The van der Waals surface area contributed by atoms with Crippen LogP contribution in [0.3, 0.4) is 0 Å². The molecule has 2 aromatic rings. The van der Waals surface area contributed by atoms with Crippen LogP contribution in [0.4, 0.5) is 4.39 Å². The third-order valence-electron chi connectivity index (χ3n) is 2.50. The summed E-state index contributed by atoms with van der Waals surface area (Å²) in [6, 6.07) is 8.41. The SMILES string of the molecule is CNC(c1cccc(F)c1)c1ccn(C)n1. The van der Waals surface area contributed by atoms with Gasteiger partial charge in [0.25, 0.3) is 0 Å². The van der Waals surface area contributed by atoms with Crippen molar-refractivity contribution in [3.05, 3.63) is 53.6 Å². The lowest BCUT2D eigenvalue weighted by atomic mass is 10.0. The third-order valence-corrected chi connectivity index (χ3v) is 2.50. The molecule has 84 valence electrons. The molecule has 1 unspecified atom stereocenters. The molecular formula is C12H14FN3. The summed E-state index contributed by atoms with van der Waals surface area (Å²) in [6.45, 7) is 0. The van der Waals surface area contributed by atoms with E-state index in [0.29, 0.717) is 0 Å². The molecule has 0 radical (unpaired) electrons. The van der Waals surface area contributed by atoms with Crippen LogP contribution in [0.1, 0.15) is 17.3 Å². The highest BCUT2D eigenvalue weighted by molar-refractivity contribution is 5.27. The van der Waals surface area contributed by atoms with Gasteiger partial charge in [-0.05, 0) is 30.8 Å². The Kier molecular flexibility index (Phi) is 3.01. The summed E-state index contributed by atoms with van der Waals surface area (Å²) in [6.07, 6.45) is 1.87. The van der Waals surface area contributed by atoms with Gasteiger partial charge in [-0.2, -0.15) is 5.10 Å². The second kappa shape index (κ2) is 4.45. The molecule has 0 amide bonds. The smallest absolute Gasteiger partial charge is 0.123 e. The lowest BCUT2D eigenvalue weighted by Crippen LogP contribution is -2.18. The minimum Gasteiger partial charge on any atom is -0.308 e. The Hall–Kier alpha value is -1.68. The van der Waals surface area contributed by atoms with Gasteiger partial charge < -0.3 is 5.32 Å². The van der Waals surface area contributed by atoms with Crippen molar-refractivity contribution in [3.8, 4) is 0 Å². The van der Waals surface area contributed by atoms with Gasteiger partial charge in [0.1, 0.15) is 5.82 Å². The van der Waals surface area contributed by atoms with Gasteiger partial charge >= 0.3 is 0 Å². The molecule has 1 aromatic heterocycles. The number of rotatable bonds is 3. The molecule has 1 aromatic carbocycles. The largest absolute Gasteiger partial charge is 0.308 e. The first-order valence-electron chi connectivity index (χ1n) is 5.13. The molecule has 0 aliphatic rings. The van der Waals surface area contributed by atoms with E-state index in [4.69, 9.17) is 0 Å². The van der Waals surface area contributed by atoms with Crippen LogP contribution in [-0.4, -0.2) is 16.8 Å². The molecule has 1 N–H and O–H groups in total. The Morgan fingerprint density at radius 2 is 2.19 bits per heavy atom. The fourth-order valence-electron chi connectivity index (χ4n) is 1.76. The van der Waals surface area contributed by atoms with Gasteiger partial charge in [-0.1, -0.05) is 12.1 Å². The van der Waals surface area contributed by atoms with E-state index >= 15 is 0 Å². The quantitative estimate of drug-likeness (QED) is 0.854. The normalized spacial score (nSPS) is 12.7. The maximum absolute atomic E-state index is 13.1. The predicted molar refractivity (Wildman–Crippen MR) is 60.5 cm³/mol. The van der Waals surface area contributed by atoms with Gasteiger partial charge in [0.2, 0.25) is 0 Å². The summed E-state index contributed by atoms with van der Waals surface area (Å²) < 4.78 is 14.9. The van der Waals surface area contributed by atoms with E-state index in [1.165, 1.54) is 12.1 Å². The average Bonchev–Trinajstić information content (AvgIpc) is 2.66. The summed E-state index contributed by atoms with van der Waals surface area (Å²) in [5.74, 6) is -0.228. The number of aryl methyl sites for hydroxylation is 1. The van der Waals surface area contributed by atoms with Crippen molar-refractivity contribution in [1.29, 1.82) is 0 Å². The van der Waals surface area contributed by atoms with Crippen molar-refractivity contribution in [3.63, 3.8) is 0 Å². The first-order chi connectivity index (χ1) is 7.70. The molecule has 0 saturated carbocycles. The minimum absolute atomic E-state index is 0.0723. The first-order valence-corrected chi connectivity index (χ1v) is 5.13. The molecule has 0 fully saturated rings. The molecule has 0 saturated heterocycles. The molecule has 0 spiro atoms. The highest BCUT2D eigenvalue weighted by atomic mass is 19.1. The van der Waals surface area contributed by atoms with Crippen LogP contribution in [-0.2, 0) is 7.05 Å². The van der Waals surface area contributed by atoms with Crippen LogP contribution in [0.15, 0.2) is 36.5 Å². The van der Waals surface area contributed by atoms with E-state index in [1.54, 1.807) is 10.7 Å². The summed E-state index contributed by atoms with van der Waals surface area (Å²) >= 11 is 0. The molecule has 16 heavy (non-hydrogen) atoms. The fraction of sp³-hybridized carbons (Fsp3) is 0.250. The Balaban J connectivity index is 2.36. The number of nitrogens with one attached hydrogen (secondary N) is 1. The Labute approximate surface area is 93.9 Å². The zero-order valence-electron chi connectivity index (χ0n) is 9.31. The molecular weight excluding hydrogens is 205 g/mol. The van der Waals surface area contributed by atoms with Crippen molar-refractivity contribution in [1.82, 2.24) is 15.1 Å². The molecule has 0 aliphatic heterocycles. The second-order valence-corrected chi connectivity index (χ2v) is 3.69. The van der Waals surface area contributed by atoms with E-state index in [9.17, 15) is 4.39 Å². The zero-order valence-corrected chi connectivity index (χ0v) is 9.31. The van der Waals surface area contributed by atoms with E-state index in [1.807, 2.05) is 32.4 Å². The Bertz CT molecular complexity index is 479. The first kappa shape index (κ1) is 10.8. The molecule has 0 bridgehead atoms. The lowest BCUT2D eigenvalue weighted by molar-refractivity contribution is 0.609. The summed E-state index contributed by atoms with van der Waals surface area (Å²) in [4.78, 5) is 0. The topological polar surface area (TPSA) is 29.9 Å². The van der Waals surface area contributed by atoms with Crippen molar-refractivity contribution in [2.75, 3.05) is 7.05 Å². The van der Waals surface area contributed by atoms with Gasteiger partial charge in [0.15, 0.2) is 0 Å². The van der Waals surface area contributed by atoms with Gasteiger partial charge in [-0.25, -0.2) is 4.39 Å². The third kappa shape index (κ3) is 2.12. The number of hydrogen-bond donors (Lipinski definition) is 1. The molecule has 1 atom stereocenters. The average molecular weight is 219 g/mol. The number of halogens is 1. The summed E-state index contributed by atoms with van der Waals surface area (Å²) in [7, 11) is 3.70. The highest BCUT2D eigenvalue weighted by Crippen LogP contribution is 2.20. The van der Waals surface area contributed by atoms with Crippen LogP contribution in [0.25, 0.3) is 0 Å². The molecule has 1 heterocycles. The van der Waals surface area contributed by atoms with E-state index < -0.39 is 0 Å². The van der Waals surface area contributed by atoms with Gasteiger partial charge in [-0.3, -0.25) is 4.68 Å². The molecule has 2 rings (SSSR count). The highest BCUT2D eigenvalue weighted by Gasteiger charge is 2.14. The van der Waals surface area contributed by atoms with Crippen LogP contribution >= 0.6 is 0 Å². The Morgan fingerprint density at radius 1 is 1.38 bits per heavy atom. The van der Waals surface area contributed by atoms with Gasteiger partial charge in [0.05, 0.1) is 11.7 Å². The van der Waals surface area contributed by atoms with Crippen LogP contribution in [0.5, 0.6) is 0 Å². The van der Waals surface area contributed by atoms with E-state index in [0.717, 1.165) is 11.3 Å².